The first kappa shape index (κ1) is 18.5. The van der Waals surface area contributed by atoms with Crippen molar-refractivity contribution < 1.29 is 13.2 Å². The van der Waals surface area contributed by atoms with Gasteiger partial charge in [0.1, 0.15) is 5.75 Å². The van der Waals surface area contributed by atoms with E-state index in [0.29, 0.717) is 37.0 Å². The first-order valence-corrected chi connectivity index (χ1v) is 11.1. The Labute approximate surface area is 167 Å². The number of halogens is 1. The number of nitrogens with zero attached hydrogens (tertiary/aromatic N) is 3. The molecular weight excluding hydrogens is 406 g/mol. The van der Waals surface area contributed by atoms with Gasteiger partial charge in [-0.15, -0.1) is 0 Å². The van der Waals surface area contributed by atoms with Crippen molar-refractivity contribution in [3.63, 3.8) is 0 Å². The quantitative estimate of drug-likeness (QED) is 0.643. The molecule has 0 bridgehead atoms. The van der Waals surface area contributed by atoms with E-state index in [2.05, 4.69) is 9.88 Å². The number of sulfonamides is 1. The zero-order chi connectivity index (χ0) is 19.0. The zero-order valence-corrected chi connectivity index (χ0v) is 17.0. The standard InChI is InChI=1S/C18H18ClN3O3S2/c1-25-14-3-5-15(6-4-14)27(23,24)22-10-8-21(9-11-22)18-20-16-7-2-13(19)12-17(16)26-18/h2-7,12H,8-11H2,1H3. The van der Waals surface area contributed by atoms with Gasteiger partial charge in [0.25, 0.3) is 0 Å². The maximum absolute atomic E-state index is 12.8. The van der Waals surface area contributed by atoms with Crippen LogP contribution in [0.5, 0.6) is 5.75 Å². The molecule has 0 N–H and O–H groups in total. The van der Waals surface area contributed by atoms with E-state index in [1.807, 2.05) is 18.2 Å². The highest BCUT2D eigenvalue weighted by Crippen LogP contribution is 2.31. The molecule has 1 aliphatic rings. The third kappa shape index (κ3) is 3.62. The molecule has 1 aromatic heterocycles. The minimum absolute atomic E-state index is 0.284. The van der Waals surface area contributed by atoms with E-state index in [0.717, 1.165) is 15.3 Å². The number of hydrogen-bond acceptors (Lipinski definition) is 6. The van der Waals surface area contributed by atoms with Crippen LogP contribution in [0.15, 0.2) is 47.4 Å². The minimum Gasteiger partial charge on any atom is -0.497 e. The molecule has 27 heavy (non-hydrogen) atoms. The molecule has 0 spiro atoms. The average molecular weight is 424 g/mol. The second kappa shape index (κ2) is 7.27. The van der Waals surface area contributed by atoms with Crippen LogP contribution in [-0.4, -0.2) is 51.0 Å². The summed E-state index contributed by atoms with van der Waals surface area (Å²) in [4.78, 5) is 7.05. The lowest BCUT2D eigenvalue weighted by Gasteiger charge is -2.33. The molecule has 0 radical (unpaired) electrons. The molecule has 0 atom stereocenters. The number of aromatic nitrogens is 1. The van der Waals surface area contributed by atoms with Crippen LogP contribution < -0.4 is 9.64 Å². The Hall–Kier alpha value is -1.87. The Morgan fingerprint density at radius 2 is 1.78 bits per heavy atom. The van der Waals surface area contributed by atoms with E-state index in [1.54, 1.807) is 42.7 Å². The molecule has 1 fully saturated rings. The van der Waals surface area contributed by atoms with Crippen molar-refractivity contribution in [1.29, 1.82) is 0 Å². The van der Waals surface area contributed by atoms with E-state index < -0.39 is 10.0 Å². The Kier molecular flexibility index (Phi) is 4.98. The van der Waals surface area contributed by atoms with Crippen LogP contribution in [0.4, 0.5) is 5.13 Å². The van der Waals surface area contributed by atoms with Gasteiger partial charge >= 0.3 is 0 Å². The van der Waals surface area contributed by atoms with Gasteiger partial charge in [-0.25, -0.2) is 13.4 Å². The molecule has 9 heteroatoms. The van der Waals surface area contributed by atoms with Crippen molar-refractivity contribution in [3.05, 3.63) is 47.5 Å². The number of piperazine rings is 1. The van der Waals surface area contributed by atoms with Crippen molar-refractivity contribution in [1.82, 2.24) is 9.29 Å². The van der Waals surface area contributed by atoms with E-state index in [9.17, 15) is 8.42 Å². The van der Waals surface area contributed by atoms with E-state index in [1.165, 1.54) is 4.31 Å². The number of ether oxygens (including phenoxy) is 1. The predicted molar refractivity (Wildman–Crippen MR) is 109 cm³/mol. The summed E-state index contributed by atoms with van der Waals surface area (Å²) < 4.78 is 33.3. The fraction of sp³-hybridized carbons (Fsp3) is 0.278. The molecule has 3 aromatic rings. The number of anilines is 1. The summed E-state index contributed by atoms with van der Waals surface area (Å²) in [5, 5.41) is 1.59. The lowest BCUT2D eigenvalue weighted by atomic mass is 10.3. The Morgan fingerprint density at radius 1 is 1.07 bits per heavy atom. The molecule has 142 valence electrons. The number of fused-ring (bicyclic) bond motifs is 1. The fourth-order valence-corrected chi connectivity index (χ4v) is 5.75. The molecule has 0 unspecified atom stereocenters. The summed E-state index contributed by atoms with van der Waals surface area (Å²) in [6.45, 7) is 2.04. The lowest BCUT2D eigenvalue weighted by molar-refractivity contribution is 0.384. The highest BCUT2D eigenvalue weighted by Gasteiger charge is 2.29. The Morgan fingerprint density at radius 3 is 2.44 bits per heavy atom. The summed E-state index contributed by atoms with van der Waals surface area (Å²) in [6.07, 6.45) is 0. The average Bonchev–Trinajstić information content (AvgIpc) is 3.11. The SMILES string of the molecule is COc1ccc(S(=O)(=O)N2CCN(c3nc4ccc(Cl)cc4s3)CC2)cc1. The summed E-state index contributed by atoms with van der Waals surface area (Å²) in [5.41, 5.74) is 0.910. The van der Waals surface area contributed by atoms with Crippen LogP contribution in [-0.2, 0) is 10.0 Å². The van der Waals surface area contributed by atoms with Crippen molar-refractivity contribution >= 4 is 48.3 Å². The van der Waals surface area contributed by atoms with E-state index in [4.69, 9.17) is 16.3 Å². The van der Waals surface area contributed by atoms with Gasteiger partial charge in [0.05, 0.1) is 22.2 Å². The molecule has 0 amide bonds. The summed E-state index contributed by atoms with van der Waals surface area (Å²) in [5.74, 6) is 0.634. The van der Waals surface area contributed by atoms with E-state index in [-0.39, 0.29) is 4.90 Å². The molecule has 6 nitrogen and oxygen atoms in total. The smallest absolute Gasteiger partial charge is 0.243 e. The maximum Gasteiger partial charge on any atom is 0.243 e. The van der Waals surface area contributed by atoms with Crippen molar-refractivity contribution in [2.45, 2.75) is 4.90 Å². The predicted octanol–water partition coefficient (Wildman–Crippen LogP) is 3.47. The largest absolute Gasteiger partial charge is 0.497 e. The first-order valence-electron chi connectivity index (χ1n) is 8.42. The summed E-state index contributed by atoms with van der Waals surface area (Å²) in [7, 11) is -1.95. The van der Waals surface area contributed by atoms with Gasteiger partial charge in [0, 0.05) is 31.2 Å². The molecule has 1 aliphatic heterocycles. The maximum atomic E-state index is 12.8. The number of thiazole rings is 1. The summed E-state index contributed by atoms with van der Waals surface area (Å²) >= 11 is 7.62. The van der Waals surface area contributed by atoms with Gasteiger partial charge in [-0.05, 0) is 42.5 Å². The van der Waals surface area contributed by atoms with Crippen LogP contribution in [0.1, 0.15) is 0 Å². The van der Waals surface area contributed by atoms with Crippen LogP contribution in [0.2, 0.25) is 5.02 Å². The number of rotatable bonds is 4. The molecule has 2 aromatic carbocycles. The van der Waals surface area contributed by atoms with Crippen LogP contribution in [0, 0.1) is 0 Å². The third-order valence-electron chi connectivity index (χ3n) is 4.55. The summed E-state index contributed by atoms with van der Waals surface area (Å²) in [6, 6.07) is 12.1. The topological polar surface area (TPSA) is 62.7 Å². The van der Waals surface area contributed by atoms with Gasteiger partial charge in [-0.1, -0.05) is 22.9 Å². The van der Waals surface area contributed by atoms with Crippen molar-refractivity contribution in [2.75, 3.05) is 38.2 Å². The molecule has 4 rings (SSSR count). The van der Waals surface area contributed by atoms with Crippen LogP contribution in [0.25, 0.3) is 10.2 Å². The number of benzene rings is 2. The Balaban J connectivity index is 1.48. The molecular formula is C18H18ClN3O3S2. The molecule has 0 aliphatic carbocycles. The monoisotopic (exact) mass is 423 g/mol. The third-order valence-corrected chi connectivity index (χ3v) is 7.77. The van der Waals surface area contributed by atoms with Gasteiger partial charge in [-0.3, -0.25) is 0 Å². The normalized spacial score (nSPS) is 16.0. The number of methoxy groups -OCH3 is 1. The molecule has 2 heterocycles. The van der Waals surface area contributed by atoms with Crippen molar-refractivity contribution in [2.24, 2.45) is 0 Å². The Bertz CT molecular complexity index is 1060. The highest BCUT2D eigenvalue weighted by molar-refractivity contribution is 7.89. The lowest BCUT2D eigenvalue weighted by Crippen LogP contribution is -2.48. The first-order chi connectivity index (χ1) is 13.0. The molecule has 1 saturated heterocycles. The van der Waals surface area contributed by atoms with E-state index >= 15 is 0 Å². The zero-order valence-electron chi connectivity index (χ0n) is 14.6. The van der Waals surface area contributed by atoms with Gasteiger partial charge in [0.2, 0.25) is 10.0 Å². The minimum atomic E-state index is -3.51. The van der Waals surface area contributed by atoms with Gasteiger partial charge in [-0.2, -0.15) is 4.31 Å². The fourth-order valence-electron chi connectivity index (χ4n) is 3.04. The van der Waals surface area contributed by atoms with Gasteiger partial charge in [0.15, 0.2) is 5.13 Å². The second-order valence-electron chi connectivity index (χ2n) is 6.18. The number of hydrogen-bond donors (Lipinski definition) is 0. The van der Waals surface area contributed by atoms with Crippen molar-refractivity contribution in [3.8, 4) is 5.75 Å². The van der Waals surface area contributed by atoms with Crippen LogP contribution >= 0.6 is 22.9 Å². The van der Waals surface area contributed by atoms with Crippen LogP contribution in [0.3, 0.4) is 0 Å². The van der Waals surface area contributed by atoms with Gasteiger partial charge < -0.3 is 9.64 Å². The molecule has 0 saturated carbocycles. The second-order valence-corrected chi connectivity index (χ2v) is 9.56. The highest BCUT2D eigenvalue weighted by atomic mass is 35.5.